The Morgan fingerprint density at radius 2 is 1.75 bits per heavy atom. The van der Waals surface area contributed by atoms with Crippen molar-refractivity contribution in [3.63, 3.8) is 0 Å². The molecule has 0 saturated carbocycles. The molecule has 0 aliphatic rings. The van der Waals surface area contributed by atoms with Gasteiger partial charge in [-0.05, 0) is 48.2 Å². The molecule has 1 N–H and O–H groups in total. The normalized spacial score (nSPS) is 11.1. The molecule has 0 radical (unpaired) electrons. The van der Waals surface area contributed by atoms with Gasteiger partial charge in [0, 0.05) is 16.6 Å². The zero-order valence-electron chi connectivity index (χ0n) is 16.3. The third-order valence-corrected chi connectivity index (χ3v) is 5.57. The second kappa shape index (κ2) is 7.98. The van der Waals surface area contributed by atoms with Gasteiger partial charge >= 0.3 is 0 Å². The first-order chi connectivity index (χ1) is 13.7. The minimum atomic E-state index is 0.522. The Labute approximate surface area is 169 Å². The van der Waals surface area contributed by atoms with Gasteiger partial charge in [-0.2, -0.15) is 0 Å². The SMILES string of the molecule is CCOc1ccc(Nc2ncnc3scc(-c4ccc(C(C)C)cc4)c23)cc1. The number of benzene rings is 2. The van der Waals surface area contributed by atoms with Crippen molar-refractivity contribution >= 4 is 33.1 Å². The topological polar surface area (TPSA) is 47.0 Å². The lowest BCUT2D eigenvalue weighted by Crippen LogP contribution is -1.96. The molecular formula is C23H23N3OS. The van der Waals surface area contributed by atoms with Crippen LogP contribution < -0.4 is 10.1 Å². The number of nitrogens with one attached hydrogen (secondary N) is 1. The maximum atomic E-state index is 5.52. The number of hydrogen-bond donors (Lipinski definition) is 1. The van der Waals surface area contributed by atoms with E-state index < -0.39 is 0 Å². The molecule has 4 aromatic rings. The highest BCUT2D eigenvalue weighted by molar-refractivity contribution is 7.17. The minimum absolute atomic E-state index is 0.522. The molecular weight excluding hydrogens is 366 g/mol. The predicted octanol–water partition coefficient (Wildman–Crippen LogP) is 6.62. The Balaban J connectivity index is 1.70. The third-order valence-electron chi connectivity index (χ3n) is 4.69. The molecule has 0 aliphatic carbocycles. The van der Waals surface area contributed by atoms with Crippen molar-refractivity contribution in [1.82, 2.24) is 9.97 Å². The van der Waals surface area contributed by atoms with Crippen LogP contribution in [0, 0.1) is 0 Å². The molecule has 0 bridgehead atoms. The molecule has 0 fully saturated rings. The second-order valence-corrected chi connectivity index (χ2v) is 7.77. The van der Waals surface area contributed by atoms with Crippen LogP contribution in [0.4, 0.5) is 11.5 Å². The van der Waals surface area contributed by atoms with Gasteiger partial charge in [-0.1, -0.05) is 38.1 Å². The molecule has 142 valence electrons. The van der Waals surface area contributed by atoms with E-state index in [1.54, 1.807) is 17.7 Å². The van der Waals surface area contributed by atoms with Crippen molar-refractivity contribution in [2.75, 3.05) is 11.9 Å². The Hall–Kier alpha value is -2.92. The lowest BCUT2D eigenvalue weighted by atomic mass is 9.99. The molecule has 0 aliphatic heterocycles. The zero-order chi connectivity index (χ0) is 19.5. The summed E-state index contributed by atoms with van der Waals surface area (Å²) >= 11 is 1.64. The summed E-state index contributed by atoms with van der Waals surface area (Å²) in [6.07, 6.45) is 1.61. The summed E-state index contributed by atoms with van der Waals surface area (Å²) in [6, 6.07) is 16.7. The Morgan fingerprint density at radius 3 is 2.43 bits per heavy atom. The first-order valence-electron chi connectivity index (χ1n) is 9.48. The van der Waals surface area contributed by atoms with Crippen LogP contribution in [-0.2, 0) is 0 Å². The molecule has 28 heavy (non-hydrogen) atoms. The molecule has 4 rings (SSSR count). The summed E-state index contributed by atoms with van der Waals surface area (Å²) < 4.78 is 5.52. The predicted molar refractivity (Wildman–Crippen MR) is 118 cm³/mol. The summed E-state index contributed by atoms with van der Waals surface area (Å²) in [5, 5.41) is 6.66. The summed E-state index contributed by atoms with van der Waals surface area (Å²) in [4.78, 5) is 9.96. The fourth-order valence-corrected chi connectivity index (χ4v) is 4.08. The van der Waals surface area contributed by atoms with Gasteiger partial charge in [0.05, 0.1) is 12.0 Å². The third kappa shape index (κ3) is 3.71. The van der Waals surface area contributed by atoms with Gasteiger partial charge in [-0.3, -0.25) is 0 Å². The van der Waals surface area contributed by atoms with E-state index in [0.717, 1.165) is 33.0 Å². The van der Waals surface area contributed by atoms with Crippen LogP contribution in [0.2, 0.25) is 0 Å². The van der Waals surface area contributed by atoms with Crippen LogP contribution in [0.15, 0.2) is 60.2 Å². The van der Waals surface area contributed by atoms with Gasteiger partial charge in [0.2, 0.25) is 0 Å². The number of fused-ring (bicyclic) bond motifs is 1. The van der Waals surface area contributed by atoms with E-state index >= 15 is 0 Å². The van der Waals surface area contributed by atoms with Crippen LogP contribution in [0.3, 0.4) is 0 Å². The smallest absolute Gasteiger partial charge is 0.143 e. The van der Waals surface area contributed by atoms with E-state index in [1.807, 2.05) is 31.2 Å². The van der Waals surface area contributed by atoms with E-state index in [1.165, 1.54) is 11.1 Å². The molecule has 0 atom stereocenters. The van der Waals surface area contributed by atoms with Crippen LogP contribution in [-0.4, -0.2) is 16.6 Å². The van der Waals surface area contributed by atoms with E-state index in [0.29, 0.717) is 12.5 Å². The molecule has 2 aromatic carbocycles. The lowest BCUT2D eigenvalue weighted by Gasteiger charge is -2.10. The van der Waals surface area contributed by atoms with Crippen molar-refractivity contribution in [3.8, 4) is 16.9 Å². The number of rotatable bonds is 6. The molecule has 2 heterocycles. The van der Waals surface area contributed by atoms with E-state index in [9.17, 15) is 0 Å². The van der Waals surface area contributed by atoms with Gasteiger partial charge < -0.3 is 10.1 Å². The van der Waals surface area contributed by atoms with Gasteiger partial charge in [-0.15, -0.1) is 11.3 Å². The van der Waals surface area contributed by atoms with Gasteiger partial charge in [-0.25, -0.2) is 9.97 Å². The fourth-order valence-electron chi connectivity index (χ4n) is 3.17. The first-order valence-corrected chi connectivity index (χ1v) is 10.4. The monoisotopic (exact) mass is 389 g/mol. The Morgan fingerprint density at radius 1 is 1.00 bits per heavy atom. The molecule has 0 saturated heterocycles. The van der Waals surface area contributed by atoms with Gasteiger partial charge in [0.25, 0.3) is 0 Å². The molecule has 0 unspecified atom stereocenters. The Kier molecular flexibility index (Phi) is 5.26. The van der Waals surface area contributed by atoms with Gasteiger partial charge in [0.15, 0.2) is 0 Å². The summed E-state index contributed by atoms with van der Waals surface area (Å²) in [5.41, 5.74) is 4.65. The van der Waals surface area contributed by atoms with Crippen molar-refractivity contribution in [2.24, 2.45) is 0 Å². The highest BCUT2D eigenvalue weighted by Gasteiger charge is 2.14. The largest absolute Gasteiger partial charge is 0.494 e. The number of anilines is 2. The lowest BCUT2D eigenvalue weighted by molar-refractivity contribution is 0.340. The molecule has 0 amide bonds. The van der Waals surface area contributed by atoms with Crippen molar-refractivity contribution in [2.45, 2.75) is 26.7 Å². The number of thiophene rings is 1. The Bertz CT molecular complexity index is 1070. The van der Waals surface area contributed by atoms with E-state index in [2.05, 4.69) is 58.8 Å². The average molecular weight is 390 g/mol. The standard InChI is InChI=1S/C23H23N3OS/c1-4-27-19-11-9-18(10-12-19)26-22-21-20(13-28-23(21)25-14-24-22)17-7-5-16(6-8-17)15(2)3/h5-15H,4H2,1-3H3,(H,24,25,26). The molecule has 5 heteroatoms. The van der Waals surface area contributed by atoms with E-state index in [-0.39, 0.29) is 0 Å². The first kappa shape index (κ1) is 18.4. The van der Waals surface area contributed by atoms with Crippen molar-refractivity contribution < 1.29 is 4.74 Å². The van der Waals surface area contributed by atoms with Crippen LogP contribution in [0.1, 0.15) is 32.3 Å². The van der Waals surface area contributed by atoms with Crippen LogP contribution >= 0.6 is 11.3 Å². The number of aromatic nitrogens is 2. The molecule has 4 nitrogen and oxygen atoms in total. The molecule has 0 spiro atoms. The zero-order valence-corrected chi connectivity index (χ0v) is 17.1. The highest BCUT2D eigenvalue weighted by Crippen LogP contribution is 2.37. The minimum Gasteiger partial charge on any atom is -0.494 e. The van der Waals surface area contributed by atoms with Crippen LogP contribution in [0.5, 0.6) is 5.75 Å². The summed E-state index contributed by atoms with van der Waals surface area (Å²) in [5.74, 6) is 2.20. The van der Waals surface area contributed by atoms with Gasteiger partial charge in [0.1, 0.15) is 22.7 Å². The number of ether oxygens (including phenoxy) is 1. The quantitative estimate of drug-likeness (QED) is 0.402. The van der Waals surface area contributed by atoms with Crippen molar-refractivity contribution in [3.05, 3.63) is 65.8 Å². The average Bonchev–Trinajstić information content (AvgIpc) is 3.15. The fraction of sp³-hybridized carbons (Fsp3) is 0.217. The summed E-state index contributed by atoms with van der Waals surface area (Å²) in [6.45, 7) is 7.06. The highest BCUT2D eigenvalue weighted by atomic mass is 32.1. The summed E-state index contributed by atoms with van der Waals surface area (Å²) in [7, 11) is 0. The number of hydrogen-bond acceptors (Lipinski definition) is 5. The second-order valence-electron chi connectivity index (χ2n) is 6.91. The number of nitrogens with zero attached hydrogens (tertiary/aromatic N) is 2. The van der Waals surface area contributed by atoms with Crippen molar-refractivity contribution in [1.29, 1.82) is 0 Å². The van der Waals surface area contributed by atoms with E-state index in [4.69, 9.17) is 4.74 Å². The maximum Gasteiger partial charge on any atom is 0.143 e. The maximum absolute atomic E-state index is 5.52. The molecule has 2 aromatic heterocycles. The van der Waals surface area contributed by atoms with Crippen LogP contribution in [0.25, 0.3) is 21.3 Å².